The highest BCUT2D eigenvalue weighted by Gasteiger charge is 2.34. The van der Waals surface area contributed by atoms with Crippen molar-refractivity contribution in [2.24, 2.45) is 5.92 Å². The van der Waals surface area contributed by atoms with Crippen LogP contribution in [-0.4, -0.2) is 62.7 Å². The second kappa shape index (κ2) is 8.62. The van der Waals surface area contributed by atoms with E-state index in [9.17, 15) is 9.90 Å². The minimum Gasteiger partial charge on any atom is -0.491 e. The van der Waals surface area contributed by atoms with Crippen LogP contribution in [0.25, 0.3) is 22.2 Å². The van der Waals surface area contributed by atoms with Crippen LogP contribution in [0.1, 0.15) is 43.6 Å². The highest BCUT2D eigenvalue weighted by atomic mass is 16.5. The first kappa shape index (κ1) is 22.7. The van der Waals surface area contributed by atoms with Crippen LogP contribution in [-0.2, 0) is 6.54 Å². The number of carbonyl (C=O) groups excluding carboxylic acids is 1. The van der Waals surface area contributed by atoms with E-state index in [1.807, 2.05) is 36.6 Å². The van der Waals surface area contributed by atoms with Crippen molar-refractivity contribution in [3.05, 3.63) is 47.3 Å². The lowest BCUT2D eigenvalue weighted by Crippen LogP contribution is -2.49. The zero-order valence-electron chi connectivity index (χ0n) is 20.5. The summed E-state index contributed by atoms with van der Waals surface area (Å²) in [5.74, 6) is 2.02. The molecule has 0 spiro atoms. The molecule has 34 heavy (non-hydrogen) atoms. The van der Waals surface area contributed by atoms with E-state index < -0.39 is 5.60 Å². The largest absolute Gasteiger partial charge is 0.491 e. The van der Waals surface area contributed by atoms with Crippen molar-refractivity contribution in [2.45, 2.75) is 52.7 Å². The van der Waals surface area contributed by atoms with Gasteiger partial charge < -0.3 is 24.6 Å². The van der Waals surface area contributed by atoms with Gasteiger partial charge in [-0.3, -0.25) is 0 Å². The maximum atomic E-state index is 13.4. The molecule has 0 unspecified atom stereocenters. The minimum absolute atomic E-state index is 0.0584. The number of imidazole rings is 1. The molecule has 1 aromatic heterocycles. The molecule has 2 aliphatic heterocycles. The van der Waals surface area contributed by atoms with Crippen LogP contribution >= 0.6 is 0 Å². The number of aryl methyl sites for hydroxylation is 2. The van der Waals surface area contributed by atoms with Gasteiger partial charge in [-0.15, -0.1) is 0 Å². The summed E-state index contributed by atoms with van der Waals surface area (Å²) in [7, 11) is 0. The van der Waals surface area contributed by atoms with E-state index in [-0.39, 0.29) is 11.9 Å². The van der Waals surface area contributed by atoms with Crippen molar-refractivity contribution < 1.29 is 14.6 Å². The molecule has 7 heteroatoms. The molecule has 7 nitrogen and oxygen atoms in total. The lowest BCUT2D eigenvalue weighted by Gasteiger charge is -2.39. The average molecular weight is 463 g/mol. The molecule has 0 bridgehead atoms. The third-order valence-corrected chi connectivity index (χ3v) is 7.29. The first-order valence-corrected chi connectivity index (χ1v) is 12.2. The summed E-state index contributed by atoms with van der Waals surface area (Å²) in [6, 6.07) is 10.6. The molecular formula is C27H34N4O3. The molecule has 2 N–H and O–H groups in total. The predicted octanol–water partition coefficient (Wildman–Crippen LogP) is 4.64. The van der Waals surface area contributed by atoms with Gasteiger partial charge in [0.15, 0.2) is 0 Å². The number of H-pyrrole nitrogens is 1. The Morgan fingerprint density at radius 1 is 1.09 bits per heavy atom. The number of hydrogen-bond donors (Lipinski definition) is 2. The number of piperidine rings is 1. The van der Waals surface area contributed by atoms with Gasteiger partial charge in [0.25, 0.3) is 0 Å². The number of amides is 2. The monoisotopic (exact) mass is 462 g/mol. The number of carbonyl (C=O) groups is 1. The van der Waals surface area contributed by atoms with Gasteiger partial charge in [0, 0.05) is 18.7 Å². The first-order chi connectivity index (χ1) is 16.2. The van der Waals surface area contributed by atoms with Gasteiger partial charge in [-0.05, 0) is 87.4 Å². The number of likely N-dealkylation sites (tertiary alicyclic amines) is 1. The number of aliphatic hydroxyl groups is 1. The lowest BCUT2D eigenvalue weighted by atomic mass is 9.83. The fourth-order valence-electron chi connectivity index (χ4n) is 5.34. The Labute approximate surface area is 200 Å². The third kappa shape index (κ3) is 4.37. The molecule has 0 radical (unpaired) electrons. The van der Waals surface area contributed by atoms with Crippen molar-refractivity contribution in [3.8, 4) is 16.9 Å². The molecule has 3 heterocycles. The molecular weight excluding hydrogens is 428 g/mol. The van der Waals surface area contributed by atoms with E-state index >= 15 is 0 Å². The average Bonchev–Trinajstić information content (AvgIpc) is 3.03. The molecule has 1 fully saturated rings. The number of nitrogens with zero attached hydrogens (tertiary/aromatic N) is 3. The fraction of sp³-hybridized carbons (Fsp3) is 0.481. The summed E-state index contributed by atoms with van der Waals surface area (Å²) in [6.07, 6.45) is 1.66. The number of benzene rings is 2. The van der Waals surface area contributed by atoms with E-state index in [4.69, 9.17) is 4.74 Å². The Kier molecular flexibility index (Phi) is 5.76. The highest BCUT2D eigenvalue weighted by Crippen LogP contribution is 2.34. The van der Waals surface area contributed by atoms with Crippen LogP contribution in [0.2, 0.25) is 0 Å². The zero-order chi connectivity index (χ0) is 24.0. The third-order valence-electron chi connectivity index (χ3n) is 7.29. The molecule has 0 aliphatic carbocycles. The van der Waals surface area contributed by atoms with E-state index in [1.165, 1.54) is 0 Å². The second-order valence-electron chi connectivity index (χ2n) is 10.3. The Morgan fingerprint density at radius 3 is 2.59 bits per heavy atom. The van der Waals surface area contributed by atoms with E-state index in [0.29, 0.717) is 32.8 Å². The molecule has 180 valence electrons. The number of fused-ring (bicyclic) bond motifs is 2. The number of aromatic amines is 1. The van der Waals surface area contributed by atoms with Crippen molar-refractivity contribution in [2.75, 3.05) is 26.2 Å². The quantitative estimate of drug-likeness (QED) is 0.581. The Bertz CT molecular complexity index is 1220. The van der Waals surface area contributed by atoms with Gasteiger partial charge in [0.1, 0.15) is 18.2 Å². The summed E-state index contributed by atoms with van der Waals surface area (Å²) in [5.41, 5.74) is 5.61. The summed E-state index contributed by atoms with van der Waals surface area (Å²) in [5, 5.41) is 10.3. The second-order valence-corrected chi connectivity index (χ2v) is 10.3. The fourth-order valence-corrected chi connectivity index (χ4v) is 5.34. The normalized spacial score (nSPS) is 17.4. The topological polar surface area (TPSA) is 81.7 Å². The molecule has 0 atom stereocenters. The smallest absolute Gasteiger partial charge is 0.320 e. The Hall–Kier alpha value is -3.06. The maximum absolute atomic E-state index is 13.4. The van der Waals surface area contributed by atoms with Crippen LogP contribution < -0.4 is 4.74 Å². The van der Waals surface area contributed by atoms with Gasteiger partial charge in [0.2, 0.25) is 0 Å². The molecule has 2 aromatic carbocycles. The SMILES string of the molecule is Cc1nc2ccc(-c3cc(C)c4c(c3)CN(C(=O)N3CCC(C(C)(C)O)CC3)CCO4)cc2[nH]1. The molecule has 1 saturated heterocycles. The van der Waals surface area contributed by atoms with Crippen LogP contribution in [0.15, 0.2) is 30.3 Å². The molecule has 0 saturated carbocycles. The van der Waals surface area contributed by atoms with E-state index in [2.05, 4.69) is 41.2 Å². The van der Waals surface area contributed by atoms with Gasteiger partial charge >= 0.3 is 6.03 Å². The summed E-state index contributed by atoms with van der Waals surface area (Å²) in [4.78, 5) is 25.0. The number of rotatable bonds is 2. The van der Waals surface area contributed by atoms with Crippen molar-refractivity contribution >= 4 is 17.1 Å². The van der Waals surface area contributed by atoms with Gasteiger partial charge in [0.05, 0.1) is 29.7 Å². The Morgan fingerprint density at radius 2 is 1.85 bits per heavy atom. The molecule has 2 aliphatic rings. The zero-order valence-corrected chi connectivity index (χ0v) is 20.5. The van der Waals surface area contributed by atoms with Crippen LogP contribution in [0.3, 0.4) is 0 Å². The van der Waals surface area contributed by atoms with E-state index in [1.54, 1.807) is 0 Å². The van der Waals surface area contributed by atoms with Crippen LogP contribution in [0.4, 0.5) is 4.79 Å². The van der Waals surface area contributed by atoms with Crippen molar-refractivity contribution in [3.63, 3.8) is 0 Å². The van der Waals surface area contributed by atoms with Gasteiger partial charge in [-0.2, -0.15) is 0 Å². The number of hydrogen-bond acceptors (Lipinski definition) is 4. The van der Waals surface area contributed by atoms with Crippen molar-refractivity contribution in [1.29, 1.82) is 0 Å². The number of aromatic nitrogens is 2. The first-order valence-electron chi connectivity index (χ1n) is 12.2. The summed E-state index contributed by atoms with van der Waals surface area (Å²) in [6.45, 7) is 10.7. The molecule has 2 amide bonds. The van der Waals surface area contributed by atoms with E-state index in [0.717, 1.165) is 57.7 Å². The maximum Gasteiger partial charge on any atom is 0.320 e. The predicted molar refractivity (Wildman–Crippen MR) is 133 cm³/mol. The van der Waals surface area contributed by atoms with Gasteiger partial charge in [-0.25, -0.2) is 9.78 Å². The molecule has 5 rings (SSSR count). The van der Waals surface area contributed by atoms with Crippen molar-refractivity contribution in [1.82, 2.24) is 19.8 Å². The minimum atomic E-state index is -0.698. The van der Waals surface area contributed by atoms with Gasteiger partial charge in [-0.1, -0.05) is 6.07 Å². The van der Waals surface area contributed by atoms with Crippen LogP contribution in [0, 0.1) is 19.8 Å². The highest BCUT2D eigenvalue weighted by molar-refractivity contribution is 5.82. The summed E-state index contributed by atoms with van der Waals surface area (Å²) >= 11 is 0. The molecule has 3 aromatic rings. The number of nitrogens with one attached hydrogen (secondary N) is 1. The lowest BCUT2D eigenvalue weighted by molar-refractivity contribution is -0.00970. The standard InChI is InChI=1S/C27H34N4O3/c1-17-13-20(19-5-6-23-24(15-19)29-18(2)28-23)14-21-16-31(11-12-34-25(17)21)26(32)30-9-7-22(8-10-30)27(3,4)33/h5-6,13-15,22,33H,7-12,16H2,1-4H3,(H,28,29). The Balaban J connectivity index is 1.38. The number of urea groups is 1. The van der Waals surface area contributed by atoms with Crippen LogP contribution in [0.5, 0.6) is 5.75 Å². The summed E-state index contributed by atoms with van der Waals surface area (Å²) < 4.78 is 6.11. The number of ether oxygens (including phenoxy) is 1.